The summed E-state index contributed by atoms with van der Waals surface area (Å²) in [5.74, 6) is 1.45. The van der Waals surface area contributed by atoms with Crippen LogP contribution >= 0.6 is 15.9 Å². The number of benzene rings is 1. The van der Waals surface area contributed by atoms with Crippen molar-refractivity contribution in [2.24, 2.45) is 0 Å². The zero-order valence-electron chi connectivity index (χ0n) is 15.8. The second-order valence-corrected chi connectivity index (χ2v) is 7.93. The molecule has 4 rings (SSSR count). The molecule has 0 atom stereocenters. The molecule has 3 heterocycles. The number of hydrogen-bond donors (Lipinski definition) is 1. The van der Waals surface area contributed by atoms with E-state index in [1.54, 1.807) is 24.4 Å². The molecule has 0 amide bonds. The lowest BCUT2D eigenvalue weighted by atomic mass is 10.1. The molecular formula is C22H21BrFN3O2. The number of hydrogen-bond acceptors (Lipinski definition) is 5. The van der Waals surface area contributed by atoms with E-state index in [9.17, 15) is 9.50 Å². The Hall–Kier alpha value is -2.51. The number of aliphatic hydroxyl groups excluding tert-OH is 1. The molecule has 0 aliphatic carbocycles. The van der Waals surface area contributed by atoms with Gasteiger partial charge in [-0.3, -0.25) is 0 Å². The molecule has 29 heavy (non-hydrogen) atoms. The number of pyridine rings is 2. The van der Waals surface area contributed by atoms with Crippen LogP contribution in [0.2, 0.25) is 0 Å². The fourth-order valence-electron chi connectivity index (χ4n) is 3.42. The van der Waals surface area contributed by atoms with Crippen LogP contribution in [0.3, 0.4) is 0 Å². The van der Waals surface area contributed by atoms with Gasteiger partial charge in [-0.25, -0.2) is 14.4 Å². The molecule has 7 heteroatoms. The minimum absolute atomic E-state index is 0.172. The first-order valence-electron chi connectivity index (χ1n) is 9.58. The van der Waals surface area contributed by atoms with E-state index < -0.39 is 0 Å². The van der Waals surface area contributed by atoms with E-state index in [2.05, 4.69) is 30.8 Å². The fourth-order valence-corrected chi connectivity index (χ4v) is 3.88. The molecule has 0 spiro atoms. The van der Waals surface area contributed by atoms with Crippen molar-refractivity contribution in [2.75, 3.05) is 18.0 Å². The molecule has 5 nitrogen and oxygen atoms in total. The monoisotopic (exact) mass is 457 g/mol. The van der Waals surface area contributed by atoms with Gasteiger partial charge in [0.2, 0.25) is 5.88 Å². The molecular weight excluding hydrogens is 437 g/mol. The number of rotatable bonds is 5. The van der Waals surface area contributed by atoms with Crippen molar-refractivity contribution >= 4 is 21.7 Å². The zero-order chi connectivity index (χ0) is 20.2. The van der Waals surface area contributed by atoms with Crippen molar-refractivity contribution in [2.45, 2.75) is 25.9 Å². The third kappa shape index (κ3) is 4.92. The summed E-state index contributed by atoms with van der Waals surface area (Å²) in [5.41, 5.74) is 1.74. The summed E-state index contributed by atoms with van der Waals surface area (Å²) in [6, 6.07) is 11.7. The summed E-state index contributed by atoms with van der Waals surface area (Å²) in [6.45, 7) is 1.88. The molecule has 1 fully saturated rings. The van der Waals surface area contributed by atoms with Crippen molar-refractivity contribution in [1.29, 1.82) is 0 Å². The molecule has 1 N–H and O–H groups in total. The van der Waals surface area contributed by atoms with Crippen molar-refractivity contribution in [3.05, 3.63) is 64.5 Å². The smallest absolute Gasteiger partial charge is 0.220 e. The average molecular weight is 458 g/mol. The van der Waals surface area contributed by atoms with Crippen LogP contribution in [0.25, 0.3) is 11.3 Å². The van der Waals surface area contributed by atoms with E-state index in [-0.39, 0.29) is 12.4 Å². The molecule has 1 aliphatic rings. The normalized spacial score (nSPS) is 14.1. The SMILES string of the molecule is OCc1cc(Oc2ccc(N3CCCCC3)nc2)nc(-c2cc(F)cc(Br)c2)c1. The van der Waals surface area contributed by atoms with E-state index in [0.717, 1.165) is 18.9 Å². The van der Waals surface area contributed by atoms with E-state index in [4.69, 9.17) is 4.74 Å². The van der Waals surface area contributed by atoms with Gasteiger partial charge in [-0.1, -0.05) is 15.9 Å². The highest BCUT2D eigenvalue weighted by atomic mass is 79.9. The average Bonchev–Trinajstić information content (AvgIpc) is 2.74. The first-order valence-corrected chi connectivity index (χ1v) is 10.4. The maximum absolute atomic E-state index is 13.8. The maximum atomic E-state index is 13.8. The summed E-state index contributed by atoms with van der Waals surface area (Å²) in [4.78, 5) is 11.3. The van der Waals surface area contributed by atoms with E-state index in [0.29, 0.717) is 32.9 Å². The van der Waals surface area contributed by atoms with Crippen molar-refractivity contribution in [3.8, 4) is 22.9 Å². The molecule has 0 saturated carbocycles. The third-order valence-electron chi connectivity index (χ3n) is 4.83. The summed E-state index contributed by atoms with van der Waals surface area (Å²) in [6.07, 6.45) is 5.33. The highest BCUT2D eigenvalue weighted by Gasteiger charge is 2.13. The topological polar surface area (TPSA) is 58.5 Å². The fraction of sp³-hybridized carbons (Fsp3) is 0.273. The Morgan fingerprint density at radius 3 is 2.59 bits per heavy atom. The minimum Gasteiger partial charge on any atom is -0.437 e. The van der Waals surface area contributed by atoms with Crippen LogP contribution in [0.15, 0.2) is 53.1 Å². The van der Waals surface area contributed by atoms with Gasteiger partial charge < -0.3 is 14.7 Å². The van der Waals surface area contributed by atoms with Crippen LogP contribution in [-0.2, 0) is 6.61 Å². The summed E-state index contributed by atoms with van der Waals surface area (Å²) in [5, 5.41) is 9.60. The van der Waals surface area contributed by atoms with Gasteiger partial charge in [0.1, 0.15) is 17.4 Å². The predicted octanol–water partition coefficient (Wildman–Crippen LogP) is 5.32. The highest BCUT2D eigenvalue weighted by molar-refractivity contribution is 9.10. The van der Waals surface area contributed by atoms with Gasteiger partial charge in [-0.05, 0) is 61.2 Å². The Morgan fingerprint density at radius 2 is 1.90 bits per heavy atom. The number of aliphatic hydroxyl groups is 1. The highest BCUT2D eigenvalue weighted by Crippen LogP contribution is 2.29. The van der Waals surface area contributed by atoms with Crippen LogP contribution in [0.5, 0.6) is 11.6 Å². The maximum Gasteiger partial charge on any atom is 0.220 e. The van der Waals surface area contributed by atoms with Gasteiger partial charge in [-0.2, -0.15) is 0 Å². The van der Waals surface area contributed by atoms with Crippen molar-refractivity contribution in [3.63, 3.8) is 0 Å². The van der Waals surface area contributed by atoms with Crippen molar-refractivity contribution < 1.29 is 14.2 Å². The van der Waals surface area contributed by atoms with Gasteiger partial charge in [0.25, 0.3) is 0 Å². The Morgan fingerprint density at radius 1 is 1.07 bits per heavy atom. The molecule has 1 saturated heterocycles. The van der Waals surface area contributed by atoms with Crippen LogP contribution < -0.4 is 9.64 Å². The van der Waals surface area contributed by atoms with Crippen LogP contribution in [-0.4, -0.2) is 28.2 Å². The minimum atomic E-state index is -0.370. The first-order chi connectivity index (χ1) is 14.1. The molecule has 2 aromatic heterocycles. The van der Waals surface area contributed by atoms with Gasteiger partial charge in [0, 0.05) is 29.2 Å². The summed E-state index contributed by atoms with van der Waals surface area (Å²) in [7, 11) is 0. The Bertz CT molecular complexity index is 972. The third-order valence-corrected chi connectivity index (χ3v) is 5.28. The number of ether oxygens (including phenoxy) is 1. The molecule has 3 aromatic rings. The quantitative estimate of drug-likeness (QED) is 0.561. The molecule has 0 radical (unpaired) electrons. The van der Waals surface area contributed by atoms with E-state index in [1.165, 1.54) is 31.4 Å². The number of halogens is 2. The molecule has 0 bridgehead atoms. The number of piperidine rings is 1. The van der Waals surface area contributed by atoms with Crippen LogP contribution in [0, 0.1) is 5.82 Å². The van der Waals surface area contributed by atoms with Gasteiger partial charge in [0.05, 0.1) is 18.5 Å². The lowest BCUT2D eigenvalue weighted by Gasteiger charge is -2.27. The lowest BCUT2D eigenvalue weighted by molar-refractivity contribution is 0.281. The largest absolute Gasteiger partial charge is 0.437 e. The van der Waals surface area contributed by atoms with E-state index in [1.807, 2.05) is 12.1 Å². The van der Waals surface area contributed by atoms with Gasteiger partial charge >= 0.3 is 0 Å². The number of anilines is 1. The standard InChI is InChI=1S/C22H21BrFN3O2/c23-17-10-16(11-18(24)12-17)20-8-15(14-28)9-22(26-20)29-19-4-5-21(25-13-19)27-6-2-1-3-7-27/h4-5,8-13,28H,1-3,6-7,14H2. The molecule has 150 valence electrons. The molecule has 0 unspecified atom stereocenters. The predicted molar refractivity (Wildman–Crippen MR) is 114 cm³/mol. The Kier molecular flexibility index (Phi) is 6.06. The molecule has 1 aromatic carbocycles. The van der Waals surface area contributed by atoms with Gasteiger partial charge in [-0.15, -0.1) is 0 Å². The van der Waals surface area contributed by atoms with E-state index >= 15 is 0 Å². The second-order valence-electron chi connectivity index (χ2n) is 7.02. The van der Waals surface area contributed by atoms with Crippen LogP contribution in [0.1, 0.15) is 24.8 Å². The molecule has 1 aliphatic heterocycles. The number of nitrogens with zero attached hydrogens (tertiary/aromatic N) is 3. The Balaban J connectivity index is 1.58. The lowest BCUT2D eigenvalue weighted by Crippen LogP contribution is -2.29. The van der Waals surface area contributed by atoms with Crippen molar-refractivity contribution in [1.82, 2.24) is 9.97 Å². The van der Waals surface area contributed by atoms with Crippen LogP contribution in [0.4, 0.5) is 10.2 Å². The zero-order valence-corrected chi connectivity index (χ0v) is 17.4. The van der Waals surface area contributed by atoms with Gasteiger partial charge in [0.15, 0.2) is 0 Å². The summed E-state index contributed by atoms with van der Waals surface area (Å²) < 4.78 is 20.3. The Labute approximate surface area is 177 Å². The number of aromatic nitrogens is 2. The summed E-state index contributed by atoms with van der Waals surface area (Å²) >= 11 is 3.30. The second kappa shape index (κ2) is 8.88. The first kappa shape index (κ1) is 19.8.